The summed E-state index contributed by atoms with van der Waals surface area (Å²) in [6.07, 6.45) is -0.327. The van der Waals surface area contributed by atoms with Crippen molar-refractivity contribution in [3.8, 4) is 5.75 Å². The lowest BCUT2D eigenvalue weighted by Gasteiger charge is -2.32. The monoisotopic (exact) mass is 473 g/mol. The Labute approximate surface area is 196 Å². The van der Waals surface area contributed by atoms with Crippen molar-refractivity contribution in [2.24, 2.45) is 11.8 Å². The first kappa shape index (κ1) is 28.0. The number of halogens is 2. The minimum Gasteiger partial charge on any atom is -0.486 e. The maximum Gasteiger partial charge on any atom is 0.408 e. The molecule has 32 heavy (non-hydrogen) atoms. The van der Waals surface area contributed by atoms with Crippen molar-refractivity contribution < 1.29 is 28.2 Å². The normalized spacial score (nSPS) is 14.6. The second-order valence-corrected chi connectivity index (χ2v) is 9.71. The molecule has 0 heterocycles. The number of hydrogen-bond acceptors (Lipinski definition) is 5. The molecule has 0 aliphatic heterocycles. The van der Waals surface area contributed by atoms with Crippen molar-refractivity contribution in [2.45, 2.75) is 92.1 Å². The van der Waals surface area contributed by atoms with Crippen molar-refractivity contribution in [2.75, 3.05) is 0 Å². The summed E-state index contributed by atoms with van der Waals surface area (Å²) >= 11 is 5.96. The maximum absolute atomic E-state index is 13.8. The van der Waals surface area contributed by atoms with Gasteiger partial charge in [-0.05, 0) is 64.5 Å². The zero-order valence-corrected chi connectivity index (χ0v) is 21.1. The van der Waals surface area contributed by atoms with Crippen LogP contribution in [-0.4, -0.2) is 35.9 Å². The Bertz CT molecular complexity index is 741. The van der Waals surface area contributed by atoms with Crippen molar-refractivity contribution in [3.63, 3.8) is 0 Å². The molecule has 0 saturated heterocycles. The zero-order chi connectivity index (χ0) is 24.6. The number of esters is 1. The van der Waals surface area contributed by atoms with Crippen LogP contribution in [-0.2, 0) is 14.3 Å². The van der Waals surface area contributed by atoms with Crippen LogP contribution in [0.4, 0.5) is 9.18 Å². The van der Waals surface area contributed by atoms with Crippen LogP contribution in [0.1, 0.15) is 68.2 Å². The number of hydrogen-bond donors (Lipinski definition) is 1. The highest BCUT2D eigenvalue weighted by atomic mass is 35.5. The van der Waals surface area contributed by atoms with E-state index >= 15 is 0 Å². The van der Waals surface area contributed by atoms with Crippen LogP contribution in [0, 0.1) is 17.7 Å². The molecule has 1 N–H and O–H groups in total. The Morgan fingerprint density at radius 2 is 1.69 bits per heavy atom. The van der Waals surface area contributed by atoms with Crippen LogP contribution in [0.5, 0.6) is 5.75 Å². The topological polar surface area (TPSA) is 73.9 Å². The second-order valence-electron chi connectivity index (χ2n) is 9.27. The smallest absolute Gasteiger partial charge is 0.408 e. The fourth-order valence-corrected chi connectivity index (χ4v) is 3.55. The van der Waals surface area contributed by atoms with Crippen molar-refractivity contribution in [1.82, 2.24) is 5.32 Å². The molecule has 0 radical (unpaired) electrons. The van der Waals surface area contributed by atoms with E-state index in [-0.39, 0.29) is 22.6 Å². The van der Waals surface area contributed by atoms with Gasteiger partial charge < -0.3 is 19.5 Å². The van der Waals surface area contributed by atoms with Gasteiger partial charge in [0.05, 0.1) is 0 Å². The summed E-state index contributed by atoms with van der Waals surface area (Å²) in [5.74, 6) is -1.01. The molecular weight excluding hydrogens is 437 g/mol. The van der Waals surface area contributed by atoms with Crippen LogP contribution in [0.15, 0.2) is 18.2 Å². The minimum atomic E-state index is -0.890. The summed E-state index contributed by atoms with van der Waals surface area (Å²) in [7, 11) is 0. The fraction of sp³-hybridized carbons (Fsp3) is 0.667. The summed E-state index contributed by atoms with van der Waals surface area (Å²) in [5, 5.41) is 2.81. The van der Waals surface area contributed by atoms with Gasteiger partial charge in [-0.1, -0.05) is 39.3 Å². The van der Waals surface area contributed by atoms with Crippen molar-refractivity contribution in [1.29, 1.82) is 0 Å². The number of ether oxygens (including phenoxy) is 3. The zero-order valence-electron chi connectivity index (χ0n) is 20.3. The van der Waals surface area contributed by atoms with E-state index in [1.165, 1.54) is 18.2 Å². The van der Waals surface area contributed by atoms with E-state index in [1.807, 2.05) is 13.8 Å². The van der Waals surface area contributed by atoms with Gasteiger partial charge in [0.2, 0.25) is 0 Å². The number of nitrogens with one attached hydrogen (secondary N) is 1. The molecule has 8 heteroatoms. The Morgan fingerprint density at radius 3 is 2.16 bits per heavy atom. The lowest BCUT2D eigenvalue weighted by atomic mass is 9.93. The van der Waals surface area contributed by atoms with Gasteiger partial charge in [-0.2, -0.15) is 0 Å². The maximum atomic E-state index is 13.8. The van der Waals surface area contributed by atoms with E-state index in [2.05, 4.69) is 5.32 Å². The van der Waals surface area contributed by atoms with E-state index in [0.717, 1.165) is 12.8 Å². The summed E-state index contributed by atoms with van der Waals surface area (Å²) in [6, 6.07) is 3.07. The van der Waals surface area contributed by atoms with Crippen molar-refractivity contribution in [3.05, 3.63) is 29.0 Å². The number of amides is 1. The number of carbonyl (C=O) groups excluding carboxylic acids is 2. The molecule has 1 aromatic rings. The SMILES string of the molecule is CCC(CC)[C@@H](Oc1cc(F)cc(Cl)c1)[C@H](C)OC(=O)[C@@H](NC(=O)OC(C)(C)C)C(C)C. The van der Waals surface area contributed by atoms with E-state index in [9.17, 15) is 14.0 Å². The van der Waals surface area contributed by atoms with Crippen molar-refractivity contribution >= 4 is 23.7 Å². The molecule has 6 nitrogen and oxygen atoms in total. The molecule has 1 rings (SSSR count). The molecule has 182 valence electrons. The summed E-state index contributed by atoms with van der Waals surface area (Å²) in [6.45, 7) is 14.6. The first-order valence-electron chi connectivity index (χ1n) is 11.1. The summed E-state index contributed by atoms with van der Waals surface area (Å²) < 4.78 is 30.8. The predicted molar refractivity (Wildman–Crippen MR) is 123 cm³/mol. The third kappa shape index (κ3) is 9.23. The highest BCUT2D eigenvalue weighted by Crippen LogP contribution is 2.27. The quantitative estimate of drug-likeness (QED) is 0.413. The summed E-state index contributed by atoms with van der Waals surface area (Å²) in [5.41, 5.74) is -0.691. The van der Waals surface area contributed by atoms with Gasteiger partial charge in [0.1, 0.15) is 35.4 Å². The molecule has 1 aromatic carbocycles. The minimum absolute atomic E-state index is 0.0520. The highest BCUT2D eigenvalue weighted by molar-refractivity contribution is 6.30. The van der Waals surface area contributed by atoms with E-state index in [0.29, 0.717) is 0 Å². The molecule has 0 unspecified atom stereocenters. The van der Waals surface area contributed by atoms with Gasteiger partial charge in [-0.25, -0.2) is 14.0 Å². The molecule has 0 saturated carbocycles. The largest absolute Gasteiger partial charge is 0.486 e. The van der Waals surface area contributed by atoms with Crippen LogP contribution in [0.25, 0.3) is 0 Å². The first-order valence-corrected chi connectivity index (χ1v) is 11.5. The molecule has 0 spiro atoms. The third-order valence-electron chi connectivity index (χ3n) is 4.98. The average molecular weight is 474 g/mol. The number of carbonyl (C=O) groups is 2. The lowest BCUT2D eigenvalue weighted by molar-refractivity contribution is -0.158. The van der Waals surface area contributed by atoms with Crippen LogP contribution >= 0.6 is 11.6 Å². The van der Waals surface area contributed by atoms with Gasteiger partial charge >= 0.3 is 12.1 Å². The fourth-order valence-electron chi connectivity index (χ4n) is 3.34. The number of alkyl carbamates (subject to hydrolysis) is 1. The number of rotatable bonds is 10. The average Bonchev–Trinajstić information content (AvgIpc) is 2.63. The third-order valence-corrected chi connectivity index (χ3v) is 5.20. The predicted octanol–water partition coefficient (Wildman–Crippen LogP) is 6.14. The molecule has 3 atom stereocenters. The highest BCUT2D eigenvalue weighted by Gasteiger charge is 2.34. The van der Waals surface area contributed by atoms with E-state index in [4.69, 9.17) is 25.8 Å². The van der Waals surface area contributed by atoms with E-state index < -0.39 is 41.7 Å². The van der Waals surface area contributed by atoms with Gasteiger partial charge in [0.15, 0.2) is 0 Å². The lowest BCUT2D eigenvalue weighted by Crippen LogP contribution is -2.49. The van der Waals surface area contributed by atoms with Crippen LogP contribution < -0.4 is 10.1 Å². The van der Waals surface area contributed by atoms with Crippen LogP contribution in [0.2, 0.25) is 5.02 Å². The molecule has 0 aliphatic rings. The number of benzene rings is 1. The second kappa shape index (κ2) is 12.3. The van der Waals surface area contributed by atoms with Gasteiger partial charge in [0.25, 0.3) is 0 Å². The molecule has 0 aromatic heterocycles. The Morgan fingerprint density at radius 1 is 1.09 bits per heavy atom. The first-order chi connectivity index (χ1) is 14.8. The Balaban J connectivity index is 3.01. The molecular formula is C24H37ClFNO5. The molecule has 0 aliphatic carbocycles. The molecule has 0 fully saturated rings. The Hall–Kier alpha value is -2.02. The van der Waals surface area contributed by atoms with Crippen LogP contribution in [0.3, 0.4) is 0 Å². The standard InChI is InChI=1S/C24H37ClFNO5/c1-9-16(10-2)21(31-19-12-17(25)11-18(26)13-19)15(5)30-22(28)20(14(3)4)27-23(29)32-24(6,7)8/h11-16,20-21H,9-10H2,1-8H3,(H,27,29)/t15-,20-,21-/m0/s1. The molecule has 1 amide bonds. The van der Waals surface area contributed by atoms with E-state index in [1.54, 1.807) is 41.5 Å². The molecule has 0 bridgehead atoms. The Kier molecular flexibility index (Phi) is 10.8. The summed E-state index contributed by atoms with van der Waals surface area (Å²) in [4.78, 5) is 25.1. The van der Waals surface area contributed by atoms with Gasteiger partial charge in [-0.3, -0.25) is 0 Å². The van der Waals surface area contributed by atoms with Gasteiger partial charge in [-0.15, -0.1) is 0 Å². The van der Waals surface area contributed by atoms with Gasteiger partial charge in [0, 0.05) is 11.1 Å².